The van der Waals surface area contributed by atoms with Crippen molar-refractivity contribution in [3.05, 3.63) is 53.6 Å². The number of aliphatic carboxylic acids is 1. The maximum Gasteiger partial charge on any atom is 0.323 e. The zero-order valence-corrected chi connectivity index (χ0v) is 19.8. The maximum atomic E-state index is 14.0. The monoisotopic (exact) mass is 461 g/mol. The number of anilines is 3. The minimum absolute atomic E-state index is 0.162. The molecule has 0 aromatic heterocycles. The summed E-state index contributed by atoms with van der Waals surface area (Å²) in [6.45, 7) is 11.6. The van der Waals surface area contributed by atoms with Crippen LogP contribution in [-0.2, 0) is 4.79 Å². The largest absolute Gasteiger partial charge is 0.481 e. The zero-order chi connectivity index (χ0) is 24.7. The Kier molecular flexibility index (Phi) is 9.20. The van der Waals surface area contributed by atoms with Crippen molar-refractivity contribution in [2.45, 2.75) is 47.0 Å². The topological polar surface area (TPSA) is 81.7 Å². The van der Waals surface area contributed by atoms with Crippen LogP contribution >= 0.6 is 0 Å². The van der Waals surface area contributed by atoms with Gasteiger partial charge in [0, 0.05) is 19.2 Å². The fraction of sp³-hybridized carbons (Fsp3) is 0.440. The zero-order valence-electron chi connectivity index (χ0n) is 19.8. The average molecular weight is 462 g/mol. The van der Waals surface area contributed by atoms with Gasteiger partial charge in [-0.3, -0.25) is 4.79 Å². The Balaban J connectivity index is 2.44. The molecule has 2 aromatic rings. The Labute approximate surface area is 194 Å². The maximum absolute atomic E-state index is 14.0. The summed E-state index contributed by atoms with van der Waals surface area (Å²) in [5.74, 6) is -2.61. The van der Waals surface area contributed by atoms with Crippen molar-refractivity contribution in [3.8, 4) is 0 Å². The number of rotatable bonds is 10. The summed E-state index contributed by atoms with van der Waals surface area (Å²) in [6.07, 6.45) is 0.392. The van der Waals surface area contributed by atoms with E-state index in [1.54, 1.807) is 19.1 Å². The highest BCUT2D eigenvalue weighted by Crippen LogP contribution is 2.33. The molecule has 0 aliphatic heterocycles. The van der Waals surface area contributed by atoms with E-state index in [1.807, 2.05) is 6.07 Å². The standard InChI is InChI=1S/C25H33F2N3O3/c1-6-19(24(31)32)17-7-10-23(30(13-15(2)3)14-16(4)5)22(11-17)29-25(33)28-21-9-8-18(26)12-20(21)27/h7-12,15-16,19H,6,13-14H2,1-5H3,(H,31,32)(H2,28,29,33). The van der Waals surface area contributed by atoms with Gasteiger partial charge in [-0.25, -0.2) is 13.6 Å². The van der Waals surface area contributed by atoms with Crippen molar-refractivity contribution in [1.29, 1.82) is 0 Å². The van der Waals surface area contributed by atoms with Crippen LogP contribution in [0.25, 0.3) is 0 Å². The van der Waals surface area contributed by atoms with E-state index in [2.05, 4.69) is 43.2 Å². The van der Waals surface area contributed by atoms with Gasteiger partial charge >= 0.3 is 12.0 Å². The van der Waals surface area contributed by atoms with Gasteiger partial charge in [-0.05, 0) is 48.1 Å². The molecule has 0 radical (unpaired) electrons. The number of halogens is 2. The van der Waals surface area contributed by atoms with Crippen LogP contribution in [0.2, 0.25) is 0 Å². The van der Waals surface area contributed by atoms with E-state index in [4.69, 9.17) is 0 Å². The molecule has 8 heteroatoms. The predicted octanol–water partition coefficient (Wildman–Crippen LogP) is 6.31. The molecule has 2 rings (SSSR count). The summed E-state index contributed by atoms with van der Waals surface area (Å²) >= 11 is 0. The smallest absolute Gasteiger partial charge is 0.323 e. The van der Waals surface area contributed by atoms with Gasteiger partial charge in [-0.2, -0.15) is 0 Å². The van der Waals surface area contributed by atoms with Crippen molar-refractivity contribution in [3.63, 3.8) is 0 Å². The Morgan fingerprint density at radius 3 is 2.06 bits per heavy atom. The van der Waals surface area contributed by atoms with E-state index < -0.39 is 29.6 Å². The van der Waals surface area contributed by atoms with Gasteiger partial charge in [0.25, 0.3) is 0 Å². The second-order valence-corrected chi connectivity index (χ2v) is 8.97. The van der Waals surface area contributed by atoms with Crippen molar-refractivity contribution in [2.24, 2.45) is 11.8 Å². The molecule has 2 amide bonds. The molecule has 0 fully saturated rings. The molecule has 0 aliphatic rings. The van der Waals surface area contributed by atoms with Gasteiger partial charge in [0.2, 0.25) is 0 Å². The van der Waals surface area contributed by atoms with E-state index in [9.17, 15) is 23.5 Å². The number of urea groups is 1. The van der Waals surface area contributed by atoms with Crippen LogP contribution < -0.4 is 15.5 Å². The highest BCUT2D eigenvalue weighted by molar-refractivity contribution is 6.02. The number of nitrogens with one attached hydrogen (secondary N) is 2. The number of carboxylic acids is 1. The Bertz CT molecular complexity index is 969. The number of nitrogens with zero attached hydrogens (tertiary/aromatic N) is 1. The van der Waals surface area contributed by atoms with E-state index in [0.29, 0.717) is 35.6 Å². The van der Waals surface area contributed by atoms with Crippen LogP contribution in [0, 0.1) is 23.5 Å². The van der Waals surface area contributed by atoms with Crippen molar-refractivity contribution < 1.29 is 23.5 Å². The lowest BCUT2D eigenvalue weighted by atomic mass is 9.95. The van der Waals surface area contributed by atoms with Gasteiger partial charge in [-0.15, -0.1) is 0 Å². The van der Waals surface area contributed by atoms with Crippen molar-refractivity contribution in [2.75, 3.05) is 28.6 Å². The van der Waals surface area contributed by atoms with Crippen molar-refractivity contribution >= 4 is 29.1 Å². The number of carbonyl (C=O) groups excluding carboxylic acids is 1. The molecular formula is C25H33F2N3O3. The van der Waals surface area contributed by atoms with Crippen LogP contribution in [0.15, 0.2) is 36.4 Å². The summed E-state index contributed by atoms with van der Waals surface area (Å²) < 4.78 is 27.2. The van der Waals surface area contributed by atoms with E-state index in [0.717, 1.165) is 30.9 Å². The van der Waals surface area contributed by atoms with Gasteiger partial charge in [0.15, 0.2) is 0 Å². The molecule has 33 heavy (non-hydrogen) atoms. The fourth-order valence-corrected chi connectivity index (χ4v) is 3.72. The second-order valence-electron chi connectivity index (χ2n) is 8.97. The first-order valence-corrected chi connectivity index (χ1v) is 11.2. The molecule has 0 spiro atoms. The molecular weight excluding hydrogens is 428 g/mol. The molecule has 0 bridgehead atoms. The van der Waals surface area contributed by atoms with Gasteiger partial charge in [0.1, 0.15) is 11.6 Å². The molecule has 180 valence electrons. The summed E-state index contributed by atoms with van der Waals surface area (Å²) in [5.41, 5.74) is 1.57. The molecule has 1 atom stereocenters. The third kappa shape index (κ3) is 7.44. The number of carbonyl (C=O) groups is 2. The Morgan fingerprint density at radius 1 is 0.939 bits per heavy atom. The summed E-state index contributed by atoms with van der Waals surface area (Å²) in [4.78, 5) is 26.6. The summed E-state index contributed by atoms with van der Waals surface area (Å²) in [7, 11) is 0. The van der Waals surface area contributed by atoms with Crippen LogP contribution in [-0.4, -0.2) is 30.2 Å². The summed E-state index contributed by atoms with van der Waals surface area (Å²) in [5, 5.41) is 14.7. The Morgan fingerprint density at radius 2 is 1.55 bits per heavy atom. The van der Waals surface area contributed by atoms with Crippen molar-refractivity contribution in [1.82, 2.24) is 0 Å². The number of carboxylic acid groups (broad SMARTS) is 1. The van der Waals surface area contributed by atoms with E-state index in [1.165, 1.54) is 0 Å². The lowest BCUT2D eigenvalue weighted by Gasteiger charge is -2.31. The first-order valence-electron chi connectivity index (χ1n) is 11.2. The lowest BCUT2D eigenvalue weighted by molar-refractivity contribution is -0.138. The minimum Gasteiger partial charge on any atom is -0.481 e. The van der Waals surface area contributed by atoms with Gasteiger partial charge in [0.05, 0.1) is 23.0 Å². The molecule has 0 aliphatic carbocycles. The van der Waals surface area contributed by atoms with Gasteiger partial charge in [-0.1, -0.05) is 40.7 Å². The number of hydrogen-bond donors (Lipinski definition) is 3. The second kappa shape index (κ2) is 11.6. The molecule has 0 heterocycles. The van der Waals surface area contributed by atoms with Crippen LogP contribution in [0.4, 0.5) is 30.6 Å². The number of hydrogen-bond acceptors (Lipinski definition) is 3. The molecule has 0 saturated heterocycles. The van der Waals surface area contributed by atoms with Crippen LogP contribution in [0.3, 0.4) is 0 Å². The van der Waals surface area contributed by atoms with E-state index >= 15 is 0 Å². The van der Waals surface area contributed by atoms with Gasteiger partial charge < -0.3 is 20.6 Å². The quantitative estimate of drug-likeness (QED) is 0.387. The Hall–Kier alpha value is -3.16. The molecule has 2 aromatic carbocycles. The number of amides is 2. The SMILES string of the molecule is CCC(C(=O)O)c1ccc(N(CC(C)C)CC(C)C)c(NC(=O)Nc2ccc(F)cc2F)c1. The predicted molar refractivity (Wildman–Crippen MR) is 128 cm³/mol. The highest BCUT2D eigenvalue weighted by Gasteiger charge is 2.22. The fourth-order valence-electron chi connectivity index (χ4n) is 3.72. The first kappa shape index (κ1) is 26.1. The summed E-state index contributed by atoms with van der Waals surface area (Å²) in [6, 6.07) is 7.42. The van der Waals surface area contributed by atoms with Crippen LogP contribution in [0.1, 0.15) is 52.5 Å². The third-order valence-corrected chi connectivity index (χ3v) is 5.07. The minimum atomic E-state index is -0.949. The molecule has 1 unspecified atom stereocenters. The molecule has 3 N–H and O–H groups in total. The molecule has 6 nitrogen and oxygen atoms in total. The normalized spacial score (nSPS) is 12.0. The highest BCUT2D eigenvalue weighted by atomic mass is 19.1. The van der Waals surface area contributed by atoms with E-state index in [-0.39, 0.29) is 5.69 Å². The third-order valence-electron chi connectivity index (χ3n) is 5.07. The average Bonchev–Trinajstić information content (AvgIpc) is 2.69. The molecule has 0 saturated carbocycles. The number of benzene rings is 2. The lowest BCUT2D eigenvalue weighted by Crippen LogP contribution is -2.32. The van der Waals surface area contributed by atoms with Crippen LogP contribution in [0.5, 0.6) is 0 Å². The first-order chi connectivity index (χ1) is 15.5.